The topological polar surface area (TPSA) is 70.1 Å². The first-order valence-corrected chi connectivity index (χ1v) is 4.70. The smallest absolute Gasteiger partial charge is 0.0682 e. The van der Waals surface area contributed by atoms with Gasteiger partial charge < -0.3 is 16.2 Å². The van der Waals surface area contributed by atoms with E-state index in [0.29, 0.717) is 17.0 Å². The van der Waals surface area contributed by atoms with E-state index in [1.54, 1.807) is 25.1 Å². The quantitative estimate of drug-likeness (QED) is 0.499. The zero-order valence-corrected chi connectivity index (χ0v) is 8.96. The lowest BCUT2D eigenvalue weighted by atomic mass is 10.1. The maximum Gasteiger partial charge on any atom is 0.0682 e. The van der Waals surface area contributed by atoms with Gasteiger partial charge in [0.15, 0.2) is 0 Å². The molecular formula is C11H18N2O. The van der Waals surface area contributed by atoms with E-state index < -0.39 is 0 Å². The van der Waals surface area contributed by atoms with E-state index in [1.165, 1.54) is 0 Å². The van der Waals surface area contributed by atoms with E-state index in [-0.39, 0.29) is 6.61 Å². The minimum atomic E-state index is -0.0133. The number of aliphatic hydroxyl groups excluding tert-OH is 1. The monoisotopic (exact) mass is 194 g/mol. The first-order valence-electron chi connectivity index (χ1n) is 4.70. The lowest BCUT2D eigenvalue weighted by molar-refractivity contribution is 0.282. The van der Waals surface area contributed by atoms with Gasteiger partial charge in [-0.25, -0.2) is 0 Å². The molecule has 0 aliphatic rings. The molecule has 78 valence electrons. The van der Waals surface area contributed by atoms with Crippen molar-refractivity contribution in [1.82, 2.24) is 0 Å². The van der Waals surface area contributed by atoms with Crippen LogP contribution in [0.1, 0.15) is 31.9 Å². The standard InChI is InChI=1S/C9H12N2O.C2H6/c1-6(10)8-4-7(5-12)2-3-9(8)11;1-2/h2-4,10,12H,5,11H2,1H3;1-2H3. The third-order valence-electron chi connectivity index (χ3n) is 1.70. The van der Waals surface area contributed by atoms with E-state index >= 15 is 0 Å². The summed E-state index contributed by atoms with van der Waals surface area (Å²) in [7, 11) is 0. The van der Waals surface area contributed by atoms with Crippen LogP contribution in [-0.2, 0) is 6.61 Å². The summed E-state index contributed by atoms with van der Waals surface area (Å²) < 4.78 is 0. The van der Waals surface area contributed by atoms with Crippen LogP contribution in [0.4, 0.5) is 5.69 Å². The Hall–Kier alpha value is -1.35. The number of hydrogen-bond acceptors (Lipinski definition) is 3. The number of anilines is 1. The van der Waals surface area contributed by atoms with Crippen LogP contribution in [0.5, 0.6) is 0 Å². The number of nitrogen functional groups attached to an aromatic ring is 1. The van der Waals surface area contributed by atoms with Crippen molar-refractivity contribution in [2.24, 2.45) is 0 Å². The fourth-order valence-electron chi connectivity index (χ4n) is 1.03. The molecule has 0 fully saturated rings. The highest BCUT2D eigenvalue weighted by atomic mass is 16.3. The average molecular weight is 194 g/mol. The summed E-state index contributed by atoms with van der Waals surface area (Å²) in [4.78, 5) is 0. The number of nitrogens with two attached hydrogens (primary N) is 1. The van der Waals surface area contributed by atoms with Gasteiger partial charge in [-0.15, -0.1) is 0 Å². The van der Waals surface area contributed by atoms with Crippen molar-refractivity contribution in [3.8, 4) is 0 Å². The molecule has 0 saturated heterocycles. The Morgan fingerprint density at radius 2 is 2.00 bits per heavy atom. The summed E-state index contributed by atoms with van der Waals surface area (Å²) >= 11 is 0. The normalized spacial score (nSPS) is 8.86. The van der Waals surface area contributed by atoms with E-state index in [1.807, 2.05) is 13.8 Å². The molecule has 1 aromatic carbocycles. The highest BCUT2D eigenvalue weighted by molar-refractivity contribution is 6.01. The number of aliphatic hydroxyl groups is 1. The second-order valence-corrected chi connectivity index (χ2v) is 2.70. The minimum absolute atomic E-state index is 0.0133. The van der Waals surface area contributed by atoms with Crippen LogP contribution >= 0.6 is 0 Å². The Morgan fingerprint density at radius 3 is 2.43 bits per heavy atom. The van der Waals surface area contributed by atoms with E-state index in [4.69, 9.17) is 16.2 Å². The highest BCUT2D eigenvalue weighted by Gasteiger charge is 2.01. The minimum Gasteiger partial charge on any atom is -0.398 e. The van der Waals surface area contributed by atoms with Crippen molar-refractivity contribution in [3.05, 3.63) is 29.3 Å². The summed E-state index contributed by atoms with van der Waals surface area (Å²) in [5.41, 5.74) is 8.10. The molecule has 0 radical (unpaired) electrons. The molecule has 0 atom stereocenters. The maximum absolute atomic E-state index is 8.82. The van der Waals surface area contributed by atoms with Crippen LogP contribution in [0, 0.1) is 5.41 Å². The summed E-state index contributed by atoms with van der Waals surface area (Å²) in [5, 5.41) is 16.2. The van der Waals surface area contributed by atoms with Gasteiger partial charge in [-0.05, 0) is 24.6 Å². The fourth-order valence-corrected chi connectivity index (χ4v) is 1.03. The summed E-state index contributed by atoms with van der Waals surface area (Å²) in [6, 6.07) is 5.19. The van der Waals surface area contributed by atoms with E-state index in [0.717, 1.165) is 5.56 Å². The molecule has 1 rings (SSSR count). The van der Waals surface area contributed by atoms with Crippen LogP contribution in [-0.4, -0.2) is 10.8 Å². The van der Waals surface area contributed by atoms with Gasteiger partial charge >= 0.3 is 0 Å². The molecule has 14 heavy (non-hydrogen) atoms. The lowest BCUT2D eigenvalue weighted by Gasteiger charge is -2.04. The maximum atomic E-state index is 8.82. The third-order valence-corrected chi connectivity index (χ3v) is 1.70. The Bertz CT molecular complexity index is 308. The largest absolute Gasteiger partial charge is 0.398 e. The Morgan fingerprint density at radius 1 is 1.43 bits per heavy atom. The molecule has 0 bridgehead atoms. The first-order chi connectivity index (χ1) is 6.65. The van der Waals surface area contributed by atoms with Crippen molar-refractivity contribution in [3.63, 3.8) is 0 Å². The number of rotatable bonds is 2. The third kappa shape index (κ3) is 3.18. The van der Waals surface area contributed by atoms with E-state index in [2.05, 4.69) is 0 Å². The molecule has 0 aliphatic carbocycles. The molecule has 0 aliphatic heterocycles. The molecule has 3 nitrogen and oxygen atoms in total. The average Bonchev–Trinajstić information content (AvgIpc) is 2.21. The first kappa shape index (κ1) is 12.7. The number of benzene rings is 1. The summed E-state index contributed by atoms with van der Waals surface area (Å²) in [6.45, 7) is 5.66. The molecular weight excluding hydrogens is 176 g/mol. The van der Waals surface area contributed by atoms with Gasteiger partial charge in [0.05, 0.1) is 6.61 Å². The van der Waals surface area contributed by atoms with Crippen molar-refractivity contribution in [2.45, 2.75) is 27.4 Å². The van der Waals surface area contributed by atoms with Gasteiger partial charge in [0.2, 0.25) is 0 Å². The second-order valence-electron chi connectivity index (χ2n) is 2.70. The molecule has 0 aromatic heterocycles. The zero-order valence-electron chi connectivity index (χ0n) is 8.96. The Labute approximate surface area is 85.1 Å². The lowest BCUT2D eigenvalue weighted by Crippen LogP contribution is -2.00. The van der Waals surface area contributed by atoms with Gasteiger partial charge in [0, 0.05) is 17.0 Å². The molecule has 0 heterocycles. The molecule has 0 saturated carbocycles. The van der Waals surface area contributed by atoms with Gasteiger partial charge in [0.1, 0.15) is 0 Å². The molecule has 0 unspecified atom stereocenters. The van der Waals surface area contributed by atoms with Crippen molar-refractivity contribution in [1.29, 1.82) is 5.41 Å². The van der Waals surface area contributed by atoms with Gasteiger partial charge in [-0.1, -0.05) is 19.9 Å². The Balaban J connectivity index is 0.000000791. The zero-order chi connectivity index (χ0) is 11.1. The van der Waals surface area contributed by atoms with Crippen molar-refractivity contribution < 1.29 is 5.11 Å². The molecule has 3 heteroatoms. The second kappa shape index (κ2) is 6.16. The van der Waals surface area contributed by atoms with Crippen LogP contribution in [0.15, 0.2) is 18.2 Å². The van der Waals surface area contributed by atoms with Crippen LogP contribution in [0.2, 0.25) is 0 Å². The SMILES string of the molecule is CC.CC(=N)c1cc(CO)ccc1N. The predicted molar refractivity (Wildman–Crippen MR) is 60.6 cm³/mol. The van der Waals surface area contributed by atoms with E-state index in [9.17, 15) is 0 Å². The summed E-state index contributed by atoms with van der Waals surface area (Å²) in [6.07, 6.45) is 0. The molecule has 4 N–H and O–H groups in total. The highest BCUT2D eigenvalue weighted by Crippen LogP contribution is 2.14. The van der Waals surface area contributed by atoms with Crippen LogP contribution in [0.25, 0.3) is 0 Å². The Kier molecular flexibility index (Phi) is 5.56. The predicted octanol–water partition coefficient (Wildman–Crippen LogP) is 2.18. The van der Waals surface area contributed by atoms with Gasteiger partial charge in [-0.3, -0.25) is 0 Å². The van der Waals surface area contributed by atoms with Crippen molar-refractivity contribution >= 4 is 11.4 Å². The van der Waals surface area contributed by atoms with Crippen LogP contribution < -0.4 is 5.73 Å². The molecule has 1 aromatic rings. The fraction of sp³-hybridized carbons (Fsp3) is 0.364. The van der Waals surface area contributed by atoms with Gasteiger partial charge in [-0.2, -0.15) is 0 Å². The summed E-state index contributed by atoms with van der Waals surface area (Å²) in [5.74, 6) is 0. The van der Waals surface area contributed by atoms with Crippen LogP contribution in [0.3, 0.4) is 0 Å². The number of nitrogens with one attached hydrogen (secondary N) is 1. The molecule has 0 amide bonds. The van der Waals surface area contributed by atoms with Gasteiger partial charge in [0.25, 0.3) is 0 Å². The number of hydrogen-bond donors (Lipinski definition) is 3. The van der Waals surface area contributed by atoms with Crippen molar-refractivity contribution in [2.75, 3.05) is 5.73 Å². The molecule has 0 spiro atoms.